The van der Waals surface area contributed by atoms with E-state index in [0.717, 1.165) is 0 Å². The third-order valence-electron chi connectivity index (χ3n) is 4.65. The molecule has 9 nitrogen and oxygen atoms in total. The first kappa shape index (κ1) is 23.5. The zero-order chi connectivity index (χ0) is 24.0. The molecular weight excluding hydrogens is 428 g/mol. The van der Waals surface area contributed by atoms with E-state index in [2.05, 4.69) is 5.10 Å². The van der Waals surface area contributed by atoms with E-state index in [0.29, 0.717) is 40.6 Å². The van der Waals surface area contributed by atoms with Crippen molar-refractivity contribution in [1.82, 2.24) is 0 Å². The Bertz CT molecular complexity index is 1120. The van der Waals surface area contributed by atoms with Gasteiger partial charge in [0, 0.05) is 0 Å². The Morgan fingerprint density at radius 1 is 1.03 bits per heavy atom. The topological polar surface area (TPSA) is 115 Å². The molecule has 0 saturated heterocycles. The van der Waals surface area contributed by atoms with Crippen LogP contribution < -0.4 is 14.5 Å². The maximum atomic E-state index is 13.0. The Kier molecular flexibility index (Phi) is 7.45. The lowest BCUT2D eigenvalue weighted by Gasteiger charge is -2.13. The lowest BCUT2D eigenvalue weighted by atomic mass is 10.1. The number of carbonyl (C=O) groups excluding carboxylic acids is 2. The Balaban J connectivity index is 1.82. The van der Waals surface area contributed by atoms with Crippen LogP contribution in [0, 0.1) is 0 Å². The summed E-state index contributed by atoms with van der Waals surface area (Å²) in [5.41, 5.74) is 2.17. The third-order valence-corrected chi connectivity index (χ3v) is 4.65. The van der Waals surface area contributed by atoms with Crippen LogP contribution in [0.4, 0.5) is 5.69 Å². The normalized spacial score (nSPS) is 14.3. The summed E-state index contributed by atoms with van der Waals surface area (Å²) in [5.74, 6) is -1.05. The highest BCUT2D eigenvalue weighted by molar-refractivity contribution is 6.32. The van der Waals surface area contributed by atoms with Gasteiger partial charge < -0.3 is 19.3 Å². The molecule has 1 amide bonds. The molecule has 172 valence electrons. The second-order valence-electron chi connectivity index (χ2n) is 6.95. The molecule has 1 aliphatic heterocycles. The molecule has 1 heterocycles. The summed E-state index contributed by atoms with van der Waals surface area (Å²) in [5, 5.41) is 14.6. The Hall–Kier alpha value is -4.14. The lowest BCUT2D eigenvalue weighted by molar-refractivity contribution is -0.145. The van der Waals surface area contributed by atoms with E-state index in [4.69, 9.17) is 19.3 Å². The van der Waals surface area contributed by atoms with E-state index in [1.54, 1.807) is 38.1 Å². The predicted octanol–water partition coefficient (Wildman–Crippen LogP) is 3.53. The molecule has 0 aliphatic carbocycles. The van der Waals surface area contributed by atoms with E-state index < -0.39 is 11.9 Å². The van der Waals surface area contributed by atoms with Gasteiger partial charge in [0.15, 0.2) is 18.1 Å². The monoisotopic (exact) mass is 452 g/mol. The van der Waals surface area contributed by atoms with Gasteiger partial charge in [0.1, 0.15) is 0 Å². The second-order valence-corrected chi connectivity index (χ2v) is 6.95. The van der Waals surface area contributed by atoms with Gasteiger partial charge >= 0.3 is 11.9 Å². The van der Waals surface area contributed by atoms with Crippen molar-refractivity contribution in [2.75, 3.05) is 24.8 Å². The van der Waals surface area contributed by atoms with E-state index in [1.807, 2.05) is 6.92 Å². The van der Waals surface area contributed by atoms with E-state index in [1.165, 1.54) is 29.3 Å². The van der Waals surface area contributed by atoms with Crippen molar-refractivity contribution in [3.8, 4) is 11.5 Å². The summed E-state index contributed by atoms with van der Waals surface area (Å²) >= 11 is 0. The fourth-order valence-corrected chi connectivity index (χ4v) is 3.11. The van der Waals surface area contributed by atoms with Gasteiger partial charge in [-0.1, -0.05) is 6.07 Å². The number of carboxylic acids is 1. The number of hydrazone groups is 1. The number of esters is 1. The molecule has 0 saturated carbocycles. The van der Waals surface area contributed by atoms with Gasteiger partial charge in [-0.3, -0.25) is 4.79 Å². The molecule has 1 aliphatic rings. The highest BCUT2D eigenvalue weighted by atomic mass is 16.6. The smallest absolute Gasteiger partial charge is 0.344 e. The molecule has 2 aromatic carbocycles. The van der Waals surface area contributed by atoms with Crippen LogP contribution in [0.3, 0.4) is 0 Å². The SMILES string of the molecule is CCOC(=O)COc1ccc(C=C2C(=O)N(c3ccc(C(=O)O)cc3)N=C2C)cc1OCC. The molecular formula is C24H24N2O7. The molecule has 9 heteroatoms. The molecule has 0 atom stereocenters. The highest BCUT2D eigenvalue weighted by Crippen LogP contribution is 2.31. The Morgan fingerprint density at radius 3 is 2.39 bits per heavy atom. The largest absolute Gasteiger partial charge is 0.490 e. The number of aromatic carboxylic acids is 1. The summed E-state index contributed by atoms with van der Waals surface area (Å²) in [6.07, 6.45) is 1.68. The van der Waals surface area contributed by atoms with Crippen LogP contribution in [-0.2, 0) is 14.3 Å². The molecule has 0 aromatic heterocycles. The molecule has 0 unspecified atom stereocenters. The fraction of sp³-hybridized carbons (Fsp3) is 0.250. The van der Waals surface area contributed by atoms with Gasteiger partial charge in [-0.05, 0) is 68.8 Å². The summed E-state index contributed by atoms with van der Waals surface area (Å²) < 4.78 is 16.0. The van der Waals surface area contributed by atoms with Crippen LogP contribution >= 0.6 is 0 Å². The van der Waals surface area contributed by atoms with Gasteiger partial charge in [0.25, 0.3) is 5.91 Å². The molecule has 0 radical (unpaired) electrons. The van der Waals surface area contributed by atoms with E-state index in [-0.39, 0.29) is 24.7 Å². The van der Waals surface area contributed by atoms with Crippen LogP contribution in [0.1, 0.15) is 36.7 Å². The fourth-order valence-electron chi connectivity index (χ4n) is 3.11. The van der Waals surface area contributed by atoms with Crippen molar-refractivity contribution in [3.05, 3.63) is 59.2 Å². The molecule has 1 N–H and O–H groups in total. The van der Waals surface area contributed by atoms with Crippen LogP contribution in [-0.4, -0.2) is 48.5 Å². The average Bonchev–Trinajstić information content (AvgIpc) is 3.07. The van der Waals surface area contributed by atoms with Crippen molar-refractivity contribution in [1.29, 1.82) is 0 Å². The zero-order valence-corrected chi connectivity index (χ0v) is 18.5. The van der Waals surface area contributed by atoms with Crippen LogP contribution in [0.5, 0.6) is 11.5 Å². The number of carboxylic acid groups (broad SMARTS) is 1. The molecule has 3 rings (SSSR count). The number of nitrogens with zero attached hydrogens (tertiary/aromatic N) is 2. The average molecular weight is 452 g/mol. The van der Waals surface area contributed by atoms with Gasteiger partial charge in [0.2, 0.25) is 0 Å². The van der Waals surface area contributed by atoms with E-state index >= 15 is 0 Å². The van der Waals surface area contributed by atoms with E-state index in [9.17, 15) is 14.4 Å². The van der Waals surface area contributed by atoms with Gasteiger partial charge in [0.05, 0.1) is 35.7 Å². The minimum absolute atomic E-state index is 0.121. The maximum absolute atomic E-state index is 13.0. The van der Waals surface area contributed by atoms with Gasteiger partial charge in [-0.15, -0.1) is 0 Å². The van der Waals surface area contributed by atoms with Crippen molar-refractivity contribution >= 4 is 35.3 Å². The minimum atomic E-state index is -1.05. The number of hydrogen-bond acceptors (Lipinski definition) is 7. The number of ether oxygens (including phenoxy) is 3. The highest BCUT2D eigenvalue weighted by Gasteiger charge is 2.29. The van der Waals surface area contributed by atoms with Crippen molar-refractivity contribution in [3.63, 3.8) is 0 Å². The van der Waals surface area contributed by atoms with Crippen LogP contribution in [0.15, 0.2) is 53.1 Å². The summed E-state index contributed by atoms with van der Waals surface area (Å²) in [6, 6.07) is 11.0. The number of hydrogen-bond donors (Lipinski definition) is 1. The lowest BCUT2D eigenvalue weighted by Crippen LogP contribution is -2.21. The first-order chi connectivity index (χ1) is 15.8. The summed E-state index contributed by atoms with van der Waals surface area (Å²) in [4.78, 5) is 35.6. The van der Waals surface area contributed by atoms with Crippen molar-refractivity contribution in [2.45, 2.75) is 20.8 Å². The number of benzene rings is 2. The van der Waals surface area contributed by atoms with Gasteiger partial charge in [-0.25, -0.2) is 9.59 Å². The second kappa shape index (κ2) is 10.4. The molecule has 0 bridgehead atoms. The molecule has 2 aromatic rings. The standard InChI is InChI=1S/C24H24N2O7/c1-4-31-21-13-16(6-11-20(21)33-14-22(27)32-5-2)12-19-15(3)25-26(23(19)28)18-9-7-17(8-10-18)24(29)30/h6-13H,4-5,14H2,1-3H3,(H,29,30). The predicted molar refractivity (Wildman–Crippen MR) is 122 cm³/mol. The Labute approximate surface area is 190 Å². The number of anilines is 1. The minimum Gasteiger partial charge on any atom is -0.490 e. The van der Waals surface area contributed by atoms with Crippen molar-refractivity contribution in [2.24, 2.45) is 5.10 Å². The quantitative estimate of drug-likeness (QED) is 0.457. The van der Waals surface area contributed by atoms with Crippen molar-refractivity contribution < 1.29 is 33.7 Å². The van der Waals surface area contributed by atoms with Crippen LogP contribution in [0.2, 0.25) is 0 Å². The van der Waals surface area contributed by atoms with Crippen LogP contribution in [0.25, 0.3) is 6.08 Å². The Morgan fingerprint density at radius 2 is 1.76 bits per heavy atom. The first-order valence-corrected chi connectivity index (χ1v) is 10.3. The number of amides is 1. The molecule has 33 heavy (non-hydrogen) atoms. The summed E-state index contributed by atoms with van der Waals surface area (Å²) in [6.45, 7) is 5.67. The third kappa shape index (κ3) is 5.57. The molecule has 0 fully saturated rings. The number of rotatable bonds is 9. The maximum Gasteiger partial charge on any atom is 0.344 e. The number of carbonyl (C=O) groups is 3. The van der Waals surface area contributed by atoms with Gasteiger partial charge in [-0.2, -0.15) is 10.1 Å². The summed E-state index contributed by atoms with van der Waals surface area (Å²) in [7, 11) is 0. The zero-order valence-electron chi connectivity index (χ0n) is 18.5. The molecule has 0 spiro atoms. The first-order valence-electron chi connectivity index (χ1n) is 10.3.